The van der Waals surface area contributed by atoms with Crippen molar-refractivity contribution in [2.75, 3.05) is 0 Å². The van der Waals surface area contributed by atoms with E-state index in [1.807, 2.05) is 0 Å². The fourth-order valence-electron chi connectivity index (χ4n) is 3.18. The van der Waals surface area contributed by atoms with E-state index in [1.54, 1.807) is 19.1 Å². The summed E-state index contributed by atoms with van der Waals surface area (Å²) in [7, 11) is 0. The van der Waals surface area contributed by atoms with Gasteiger partial charge >= 0.3 is 12.5 Å². The van der Waals surface area contributed by atoms with Crippen molar-refractivity contribution < 1.29 is 35.5 Å². The molecule has 0 saturated heterocycles. The highest BCUT2D eigenvalue weighted by Gasteiger charge is 2.37. The molecule has 0 unspecified atom stereocenters. The topological polar surface area (TPSA) is 53.1 Å². The van der Waals surface area contributed by atoms with E-state index in [4.69, 9.17) is 16.0 Å². The van der Waals surface area contributed by atoms with E-state index in [0.29, 0.717) is 15.6 Å². The molecule has 4 aromatic rings. The van der Waals surface area contributed by atoms with Crippen LogP contribution in [0.1, 0.15) is 11.6 Å². The Hall–Kier alpha value is -2.99. The molecule has 2 heterocycles. The number of halogens is 8. The Morgan fingerprint density at radius 1 is 1.03 bits per heavy atom. The van der Waals surface area contributed by atoms with Crippen LogP contribution in [0, 0.1) is 6.92 Å². The Bertz CT molecular complexity index is 1350. The summed E-state index contributed by atoms with van der Waals surface area (Å²) >= 11 is 9.08. The van der Waals surface area contributed by atoms with Crippen LogP contribution < -0.4 is 4.74 Å². The Labute approximate surface area is 201 Å². The number of rotatable bonds is 4. The van der Waals surface area contributed by atoms with Crippen LogP contribution in [0.4, 0.5) is 26.3 Å². The molecule has 0 bridgehead atoms. The predicted molar refractivity (Wildman–Crippen MR) is 114 cm³/mol. The second-order valence-electron chi connectivity index (χ2n) is 6.91. The number of aromatic nitrogens is 3. The van der Waals surface area contributed by atoms with Gasteiger partial charge in [-0.3, -0.25) is 0 Å². The quantitative estimate of drug-likeness (QED) is 0.236. The monoisotopic (exact) mass is 565 g/mol. The van der Waals surface area contributed by atoms with Crippen LogP contribution in [0.3, 0.4) is 0 Å². The molecular formula is C21H11BrClF6N3O2. The maximum atomic E-state index is 13.2. The van der Waals surface area contributed by atoms with Gasteiger partial charge in [0.1, 0.15) is 11.4 Å². The average molecular weight is 567 g/mol. The fraction of sp³-hybridized carbons (Fsp3) is 0.143. The van der Waals surface area contributed by atoms with Gasteiger partial charge in [0.15, 0.2) is 17.3 Å². The Morgan fingerprint density at radius 3 is 2.29 bits per heavy atom. The van der Waals surface area contributed by atoms with Gasteiger partial charge in [0.2, 0.25) is 0 Å². The first kappa shape index (κ1) is 24.1. The summed E-state index contributed by atoms with van der Waals surface area (Å²) in [4.78, 5) is 4.31. The van der Waals surface area contributed by atoms with Crippen LogP contribution in [0.2, 0.25) is 5.02 Å². The van der Waals surface area contributed by atoms with Gasteiger partial charge in [-0.15, -0.1) is 13.2 Å². The highest BCUT2D eigenvalue weighted by Crippen LogP contribution is 2.40. The first-order valence-corrected chi connectivity index (χ1v) is 10.5. The molecule has 2 aromatic heterocycles. The molecule has 2 aromatic carbocycles. The van der Waals surface area contributed by atoms with E-state index in [-0.39, 0.29) is 23.0 Å². The van der Waals surface area contributed by atoms with E-state index in [0.717, 1.165) is 23.0 Å². The molecule has 0 atom stereocenters. The Kier molecular flexibility index (Phi) is 6.15. The Balaban J connectivity index is 1.83. The summed E-state index contributed by atoms with van der Waals surface area (Å²) in [5, 5.41) is 2.99. The van der Waals surface area contributed by atoms with Gasteiger partial charge < -0.3 is 9.15 Å². The molecule has 4 rings (SSSR count). The van der Waals surface area contributed by atoms with E-state index in [9.17, 15) is 26.3 Å². The maximum absolute atomic E-state index is 13.2. The van der Waals surface area contributed by atoms with E-state index < -0.39 is 29.0 Å². The minimum absolute atomic E-state index is 0.165. The normalized spacial score (nSPS) is 12.3. The molecule has 0 fully saturated rings. The van der Waals surface area contributed by atoms with Crippen molar-refractivity contribution in [2.45, 2.75) is 19.5 Å². The summed E-state index contributed by atoms with van der Waals surface area (Å²) in [6.45, 7) is 1.55. The van der Waals surface area contributed by atoms with E-state index in [2.05, 4.69) is 30.7 Å². The van der Waals surface area contributed by atoms with Crippen LogP contribution in [-0.4, -0.2) is 21.1 Å². The van der Waals surface area contributed by atoms with Gasteiger partial charge in [0.25, 0.3) is 0 Å². The number of nitrogens with zero attached hydrogens (tertiary/aromatic N) is 3. The number of benzene rings is 2. The zero-order valence-electron chi connectivity index (χ0n) is 16.8. The molecule has 0 aliphatic rings. The van der Waals surface area contributed by atoms with Gasteiger partial charge in [-0.05, 0) is 42.5 Å². The predicted octanol–water partition coefficient (Wildman–Crippen LogP) is 7.84. The molecule has 13 heteroatoms. The van der Waals surface area contributed by atoms with Gasteiger partial charge in [-0.25, -0.2) is 9.67 Å². The van der Waals surface area contributed by atoms with Gasteiger partial charge in [0.05, 0.1) is 16.9 Å². The van der Waals surface area contributed by atoms with E-state index >= 15 is 0 Å². The number of aryl methyl sites for hydroxylation is 1. The molecule has 0 N–H and O–H groups in total. The molecule has 0 aliphatic carbocycles. The lowest BCUT2D eigenvalue weighted by molar-refractivity contribution is -0.274. The molecule has 0 amide bonds. The standard InChI is InChI=1S/C21H11BrClF6N3O2/c1-10-30-17(11-2-5-13(6-3-11)34-21(27,28)29)18(33-10)14-8-12(22)4-7-16(14)32-9-15(23)19(31-32)20(24,25)26/h2-9H,1H3. The lowest BCUT2D eigenvalue weighted by Crippen LogP contribution is -2.16. The number of alkyl halides is 6. The van der Waals surface area contributed by atoms with Crippen molar-refractivity contribution in [3.8, 4) is 34.0 Å². The number of ether oxygens (including phenoxy) is 1. The molecule has 0 aliphatic heterocycles. The zero-order chi connectivity index (χ0) is 24.8. The van der Waals surface area contributed by atoms with Gasteiger partial charge in [0, 0.05) is 22.5 Å². The van der Waals surface area contributed by atoms with E-state index in [1.165, 1.54) is 18.2 Å². The smallest absolute Gasteiger partial charge is 0.440 e. The second kappa shape index (κ2) is 8.66. The van der Waals surface area contributed by atoms with Crippen LogP contribution in [-0.2, 0) is 6.18 Å². The minimum atomic E-state index is -4.84. The van der Waals surface area contributed by atoms with Gasteiger partial charge in [-0.1, -0.05) is 27.5 Å². The molecule has 0 spiro atoms. The van der Waals surface area contributed by atoms with Crippen molar-refractivity contribution in [2.24, 2.45) is 0 Å². The van der Waals surface area contributed by atoms with Crippen molar-refractivity contribution in [3.05, 3.63) is 69.7 Å². The van der Waals surface area contributed by atoms with Gasteiger partial charge in [-0.2, -0.15) is 18.3 Å². The largest absolute Gasteiger partial charge is 0.573 e. The molecule has 178 valence electrons. The first-order chi connectivity index (χ1) is 15.8. The molecule has 0 radical (unpaired) electrons. The highest BCUT2D eigenvalue weighted by atomic mass is 79.9. The minimum Gasteiger partial charge on any atom is -0.440 e. The fourth-order valence-corrected chi connectivity index (χ4v) is 3.78. The second-order valence-corrected chi connectivity index (χ2v) is 8.24. The SMILES string of the molecule is Cc1nc(-c2ccc(OC(F)(F)F)cc2)c(-c2cc(Br)ccc2-n2cc(Cl)c(C(F)(F)F)n2)o1. The lowest BCUT2D eigenvalue weighted by atomic mass is 10.0. The summed E-state index contributed by atoms with van der Waals surface area (Å²) in [5.41, 5.74) is -0.0905. The number of hydrogen-bond acceptors (Lipinski definition) is 4. The number of oxazole rings is 1. The van der Waals surface area contributed by atoms with Crippen molar-refractivity contribution in [3.63, 3.8) is 0 Å². The summed E-state index contributed by atoms with van der Waals surface area (Å²) in [5.74, 6) is -0.0356. The summed E-state index contributed by atoms with van der Waals surface area (Å²) in [6, 6.07) is 9.61. The molecule has 5 nitrogen and oxygen atoms in total. The summed E-state index contributed by atoms with van der Waals surface area (Å²) in [6.07, 6.45) is -8.59. The third-order valence-corrected chi connectivity index (χ3v) is 5.25. The highest BCUT2D eigenvalue weighted by molar-refractivity contribution is 9.10. The lowest BCUT2D eigenvalue weighted by Gasteiger charge is -2.11. The third-order valence-electron chi connectivity index (χ3n) is 4.48. The van der Waals surface area contributed by atoms with Crippen LogP contribution >= 0.6 is 27.5 Å². The van der Waals surface area contributed by atoms with Crippen molar-refractivity contribution >= 4 is 27.5 Å². The number of hydrogen-bond donors (Lipinski definition) is 0. The third kappa shape index (κ3) is 5.07. The van der Waals surface area contributed by atoms with Crippen molar-refractivity contribution in [1.29, 1.82) is 0 Å². The maximum Gasteiger partial charge on any atom is 0.573 e. The van der Waals surface area contributed by atoms with Crippen LogP contribution in [0.25, 0.3) is 28.3 Å². The summed E-state index contributed by atoms with van der Waals surface area (Å²) < 4.78 is 88.2. The average Bonchev–Trinajstić information content (AvgIpc) is 3.30. The Morgan fingerprint density at radius 2 is 1.71 bits per heavy atom. The molecular weight excluding hydrogens is 556 g/mol. The van der Waals surface area contributed by atoms with Crippen molar-refractivity contribution in [1.82, 2.24) is 14.8 Å². The molecule has 34 heavy (non-hydrogen) atoms. The zero-order valence-corrected chi connectivity index (χ0v) is 19.1. The first-order valence-electron chi connectivity index (χ1n) is 9.28. The van der Waals surface area contributed by atoms with Crippen LogP contribution in [0.15, 0.2) is 57.6 Å². The van der Waals surface area contributed by atoms with Crippen LogP contribution in [0.5, 0.6) is 5.75 Å². The molecule has 0 saturated carbocycles.